The molecule has 2 aromatic carbocycles. The van der Waals surface area contributed by atoms with Crippen LogP contribution in [0.15, 0.2) is 49.0 Å². The molecule has 0 saturated heterocycles. The second kappa shape index (κ2) is 14.8. The summed E-state index contributed by atoms with van der Waals surface area (Å²) in [7, 11) is 0. The van der Waals surface area contributed by atoms with Crippen LogP contribution in [0.5, 0.6) is 0 Å². The number of nitrogens with one attached hydrogen (secondary N) is 2. The first kappa shape index (κ1) is 32.0. The lowest BCUT2D eigenvalue weighted by Crippen LogP contribution is -2.52. The van der Waals surface area contributed by atoms with Crippen LogP contribution in [0.1, 0.15) is 68.8 Å². The quantitative estimate of drug-likeness (QED) is 0.313. The van der Waals surface area contributed by atoms with Crippen molar-refractivity contribution in [3.63, 3.8) is 0 Å². The molecule has 2 atom stereocenters. The van der Waals surface area contributed by atoms with Gasteiger partial charge in [-0.1, -0.05) is 56.0 Å². The van der Waals surface area contributed by atoms with E-state index in [0.717, 1.165) is 22.4 Å². The van der Waals surface area contributed by atoms with Gasteiger partial charge in [-0.05, 0) is 87.8 Å². The smallest absolute Gasteiger partial charge is 0.408 e. The molecule has 0 radical (unpaired) electrons. The van der Waals surface area contributed by atoms with E-state index in [2.05, 4.69) is 17.2 Å². The van der Waals surface area contributed by atoms with Crippen LogP contribution in [0.25, 0.3) is 6.08 Å². The highest BCUT2D eigenvalue weighted by Crippen LogP contribution is 2.28. The summed E-state index contributed by atoms with van der Waals surface area (Å²) in [5.41, 5.74) is 3.38. The summed E-state index contributed by atoms with van der Waals surface area (Å²) in [5, 5.41) is 5.86. The lowest BCUT2D eigenvalue weighted by molar-refractivity contribution is -0.140. The number of ether oxygens (including phenoxy) is 1. The van der Waals surface area contributed by atoms with Gasteiger partial charge in [0.15, 0.2) is 0 Å². The summed E-state index contributed by atoms with van der Waals surface area (Å²) in [6.45, 7) is 15.3. The van der Waals surface area contributed by atoms with E-state index >= 15 is 0 Å². The number of hydrogen-bond acceptors (Lipinski definition) is 5. The van der Waals surface area contributed by atoms with Gasteiger partial charge in [-0.3, -0.25) is 9.59 Å². The molecule has 8 heteroatoms. The van der Waals surface area contributed by atoms with Gasteiger partial charge < -0.3 is 20.3 Å². The zero-order valence-corrected chi connectivity index (χ0v) is 25.1. The Hall–Kier alpha value is -3.26. The molecule has 2 unspecified atom stereocenters. The van der Waals surface area contributed by atoms with Gasteiger partial charge in [0.05, 0.1) is 0 Å². The lowest BCUT2D eigenvalue weighted by Gasteiger charge is -2.34. The number of hydrogen-bond donors (Lipinski definition) is 2. The molecule has 0 aliphatic rings. The van der Waals surface area contributed by atoms with Crippen LogP contribution in [0.4, 0.5) is 10.5 Å². The van der Waals surface area contributed by atoms with Crippen LogP contribution in [0, 0.1) is 13.8 Å². The Morgan fingerprint density at radius 3 is 2.31 bits per heavy atom. The van der Waals surface area contributed by atoms with Crippen LogP contribution in [-0.2, 0) is 14.3 Å². The van der Waals surface area contributed by atoms with E-state index in [0.29, 0.717) is 30.7 Å². The van der Waals surface area contributed by atoms with Crippen molar-refractivity contribution in [2.45, 2.75) is 72.1 Å². The van der Waals surface area contributed by atoms with E-state index in [9.17, 15) is 14.4 Å². The summed E-state index contributed by atoms with van der Waals surface area (Å²) in [6.07, 6.45) is 4.02. The molecule has 0 spiro atoms. The molecule has 39 heavy (non-hydrogen) atoms. The fourth-order valence-corrected chi connectivity index (χ4v) is 4.75. The van der Waals surface area contributed by atoms with E-state index in [-0.39, 0.29) is 11.8 Å². The van der Waals surface area contributed by atoms with Crippen molar-refractivity contribution in [1.29, 1.82) is 0 Å². The largest absolute Gasteiger partial charge is 0.444 e. The fraction of sp³-hybridized carbons (Fsp3) is 0.452. The van der Waals surface area contributed by atoms with Gasteiger partial charge in [-0.2, -0.15) is 11.8 Å². The molecule has 0 aliphatic carbocycles. The Bertz CT molecular complexity index is 1140. The van der Waals surface area contributed by atoms with Gasteiger partial charge >= 0.3 is 6.09 Å². The maximum absolute atomic E-state index is 14.1. The first-order valence-corrected chi connectivity index (χ1v) is 14.7. The molecule has 212 valence electrons. The van der Waals surface area contributed by atoms with Crippen LogP contribution < -0.4 is 10.6 Å². The van der Waals surface area contributed by atoms with Crippen molar-refractivity contribution in [3.05, 3.63) is 71.3 Å². The maximum Gasteiger partial charge on any atom is 0.408 e. The van der Waals surface area contributed by atoms with E-state index in [1.807, 2.05) is 69.5 Å². The predicted octanol–water partition coefficient (Wildman–Crippen LogP) is 6.51. The van der Waals surface area contributed by atoms with Gasteiger partial charge in [0.25, 0.3) is 5.91 Å². The third-order valence-corrected chi connectivity index (χ3v) is 6.74. The zero-order valence-electron chi connectivity index (χ0n) is 24.3. The molecule has 0 heterocycles. The van der Waals surface area contributed by atoms with Crippen molar-refractivity contribution in [1.82, 2.24) is 10.2 Å². The third-order valence-electron chi connectivity index (χ3n) is 6.10. The van der Waals surface area contributed by atoms with E-state index in [1.165, 1.54) is 0 Å². The van der Waals surface area contributed by atoms with Gasteiger partial charge in [-0.25, -0.2) is 4.79 Å². The summed E-state index contributed by atoms with van der Waals surface area (Å²) >= 11 is 1.58. The van der Waals surface area contributed by atoms with Crippen LogP contribution in [0.2, 0.25) is 0 Å². The first-order valence-electron chi connectivity index (χ1n) is 13.3. The molecular weight excluding hydrogens is 510 g/mol. The number of carbonyl (C=O) groups excluding carboxylic acids is 3. The normalized spacial score (nSPS) is 12.7. The highest BCUT2D eigenvalue weighted by atomic mass is 32.2. The average Bonchev–Trinajstić information content (AvgIpc) is 2.87. The number of benzene rings is 2. The number of anilines is 1. The predicted molar refractivity (Wildman–Crippen MR) is 162 cm³/mol. The number of aryl methyl sites for hydroxylation is 2. The van der Waals surface area contributed by atoms with Crippen molar-refractivity contribution in [2.24, 2.45) is 0 Å². The number of thioether (sulfide) groups is 1. The Balaban J connectivity index is 2.56. The van der Waals surface area contributed by atoms with Crippen molar-refractivity contribution < 1.29 is 19.1 Å². The molecular formula is C31H43N3O4S. The number of nitrogens with zero attached hydrogens (tertiary/aromatic N) is 1. The molecule has 0 aliphatic heterocycles. The molecule has 2 rings (SSSR count). The first-order chi connectivity index (χ1) is 18.4. The topological polar surface area (TPSA) is 87.7 Å². The van der Waals surface area contributed by atoms with E-state index in [4.69, 9.17) is 4.74 Å². The van der Waals surface area contributed by atoms with Crippen LogP contribution >= 0.6 is 11.8 Å². The SMILES string of the molecule is C=Cc1cccc(C(C(=O)Nc2c(C)cccc2C)N(CCC)C(=O)C(CCSC)NC(=O)OC(C)(C)C)c1. The Kier molecular flexibility index (Phi) is 12.1. The van der Waals surface area contributed by atoms with E-state index in [1.54, 1.807) is 43.5 Å². The van der Waals surface area contributed by atoms with Crippen molar-refractivity contribution in [2.75, 3.05) is 23.9 Å². The highest BCUT2D eigenvalue weighted by Gasteiger charge is 2.36. The van der Waals surface area contributed by atoms with E-state index < -0.39 is 23.8 Å². The minimum Gasteiger partial charge on any atom is -0.444 e. The summed E-state index contributed by atoms with van der Waals surface area (Å²) in [5.74, 6) is -0.00378. The molecule has 2 N–H and O–H groups in total. The molecule has 0 saturated carbocycles. The van der Waals surface area contributed by atoms with Gasteiger partial charge in [0, 0.05) is 12.2 Å². The fourth-order valence-electron chi connectivity index (χ4n) is 4.28. The minimum atomic E-state index is -0.923. The van der Waals surface area contributed by atoms with Crippen LogP contribution in [-0.4, -0.2) is 53.0 Å². The monoisotopic (exact) mass is 553 g/mol. The minimum absolute atomic E-state index is 0.323. The van der Waals surface area contributed by atoms with Gasteiger partial charge in [-0.15, -0.1) is 0 Å². The zero-order chi connectivity index (χ0) is 29.2. The molecule has 7 nitrogen and oxygen atoms in total. The highest BCUT2D eigenvalue weighted by molar-refractivity contribution is 7.98. The Morgan fingerprint density at radius 2 is 1.74 bits per heavy atom. The number of rotatable bonds is 12. The second-order valence-electron chi connectivity index (χ2n) is 10.5. The van der Waals surface area contributed by atoms with Crippen LogP contribution in [0.3, 0.4) is 0 Å². The number of carbonyl (C=O) groups is 3. The Morgan fingerprint density at radius 1 is 1.10 bits per heavy atom. The Labute approximate surface area is 237 Å². The van der Waals surface area contributed by atoms with Gasteiger partial charge in [0.2, 0.25) is 5.91 Å². The number of amides is 3. The third kappa shape index (κ3) is 9.46. The number of alkyl carbamates (subject to hydrolysis) is 1. The summed E-state index contributed by atoms with van der Waals surface area (Å²) in [6, 6.07) is 11.5. The summed E-state index contributed by atoms with van der Waals surface area (Å²) < 4.78 is 5.45. The lowest BCUT2D eigenvalue weighted by atomic mass is 9.99. The molecule has 0 bridgehead atoms. The average molecular weight is 554 g/mol. The number of para-hydroxylation sites is 1. The summed E-state index contributed by atoms with van der Waals surface area (Å²) in [4.78, 5) is 42.5. The molecule has 2 aromatic rings. The van der Waals surface area contributed by atoms with Crippen molar-refractivity contribution in [3.8, 4) is 0 Å². The molecule has 0 aromatic heterocycles. The standard InChI is InChI=1S/C31H43N3O4S/c1-9-18-34(29(36)25(17-19-39-8)32-30(37)38-31(5,6)7)27(24-16-12-15-23(10-2)20-24)28(35)33-26-21(3)13-11-14-22(26)4/h10-16,20,25,27H,2,9,17-19H2,1,3-8H3,(H,32,37)(H,33,35). The molecule has 3 amide bonds. The second-order valence-corrected chi connectivity index (χ2v) is 11.5. The van der Waals surface area contributed by atoms with Crippen molar-refractivity contribution >= 4 is 41.4 Å². The molecule has 0 fully saturated rings. The van der Waals surface area contributed by atoms with Gasteiger partial charge in [0.1, 0.15) is 17.7 Å². The maximum atomic E-state index is 14.1.